The van der Waals surface area contributed by atoms with Gasteiger partial charge in [0, 0.05) is 47.9 Å². The third-order valence-electron chi connectivity index (χ3n) is 6.77. The molecule has 5 heteroatoms. The number of allylic oxidation sites excluding steroid dienone is 2. The number of Topliss-reactive ketones (excluding diaryl/α,β-unsaturated/α-hetero) is 1. The van der Waals surface area contributed by atoms with Crippen molar-refractivity contribution in [1.29, 1.82) is 0 Å². The van der Waals surface area contributed by atoms with E-state index in [-0.39, 0.29) is 23.7 Å². The first-order valence-corrected chi connectivity index (χ1v) is 10.5. The van der Waals surface area contributed by atoms with E-state index < -0.39 is 5.91 Å². The third-order valence-corrected chi connectivity index (χ3v) is 6.77. The van der Waals surface area contributed by atoms with Crippen molar-refractivity contribution in [2.24, 2.45) is 17.6 Å². The fourth-order valence-electron chi connectivity index (χ4n) is 5.25. The molecular formula is C24H26N2O3. The first kappa shape index (κ1) is 18.5. The highest BCUT2D eigenvalue weighted by Gasteiger charge is 2.40. The summed E-state index contributed by atoms with van der Waals surface area (Å²) < 4.78 is 5.48. The van der Waals surface area contributed by atoms with Gasteiger partial charge in [0.2, 0.25) is 5.91 Å². The van der Waals surface area contributed by atoms with Crippen LogP contribution in [0.2, 0.25) is 0 Å². The Morgan fingerprint density at radius 2 is 1.93 bits per heavy atom. The highest BCUT2D eigenvalue weighted by Crippen LogP contribution is 2.43. The second-order valence-corrected chi connectivity index (χ2v) is 8.54. The minimum absolute atomic E-state index is 0.0469. The Bertz CT molecular complexity index is 953. The van der Waals surface area contributed by atoms with Gasteiger partial charge in [-0.1, -0.05) is 36.4 Å². The molecule has 29 heavy (non-hydrogen) atoms. The predicted molar refractivity (Wildman–Crippen MR) is 110 cm³/mol. The quantitative estimate of drug-likeness (QED) is 0.831. The summed E-state index contributed by atoms with van der Waals surface area (Å²) in [5.74, 6) is 0.172. The van der Waals surface area contributed by atoms with Gasteiger partial charge < -0.3 is 15.8 Å². The maximum absolute atomic E-state index is 13.1. The van der Waals surface area contributed by atoms with Crippen LogP contribution in [0.15, 0.2) is 59.2 Å². The Labute approximate surface area is 170 Å². The third kappa shape index (κ3) is 3.38. The number of ketones is 1. The summed E-state index contributed by atoms with van der Waals surface area (Å²) in [5, 5.41) is 3.75. The van der Waals surface area contributed by atoms with Crippen LogP contribution in [0.3, 0.4) is 0 Å². The molecule has 0 radical (unpaired) electrons. The number of hydrogen-bond acceptors (Lipinski definition) is 4. The van der Waals surface area contributed by atoms with Crippen LogP contribution >= 0.6 is 0 Å². The number of carbonyl (C=O) groups excluding carboxylic acids is 2. The van der Waals surface area contributed by atoms with Crippen LogP contribution < -0.4 is 11.1 Å². The molecule has 3 unspecified atom stereocenters. The molecule has 3 N–H and O–H groups in total. The molecule has 1 amide bonds. The smallest absolute Gasteiger partial charge is 0.248 e. The van der Waals surface area contributed by atoms with E-state index in [0.29, 0.717) is 11.6 Å². The van der Waals surface area contributed by atoms with Gasteiger partial charge in [-0.25, -0.2) is 0 Å². The molecule has 1 saturated heterocycles. The number of amides is 1. The lowest BCUT2D eigenvalue weighted by molar-refractivity contribution is -0.114. The number of hydrogen-bond donors (Lipinski definition) is 2. The van der Waals surface area contributed by atoms with Gasteiger partial charge in [0.25, 0.3) is 0 Å². The zero-order chi connectivity index (χ0) is 20.0. The summed E-state index contributed by atoms with van der Waals surface area (Å²) in [7, 11) is 0. The predicted octanol–water partition coefficient (Wildman–Crippen LogP) is 2.48. The van der Waals surface area contributed by atoms with Crippen LogP contribution in [-0.2, 0) is 16.0 Å². The molecule has 150 valence electrons. The van der Waals surface area contributed by atoms with E-state index >= 15 is 0 Å². The van der Waals surface area contributed by atoms with Crippen LogP contribution in [0, 0.1) is 11.8 Å². The lowest BCUT2D eigenvalue weighted by Crippen LogP contribution is -2.47. The van der Waals surface area contributed by atoms with Crippen molar-refractivity contribution in [2.45, 2.75) is 37.8 Å². The average Bonchev–Trinajstić information content (AvgIpc) is 2.74. The number of benzene rings is 1. The molecule has 5 rings (SSSR count). The summed E-state index contributed by atoms with van der Waals surface area (Å²) in [4.78, 5) is 25.1. The minimum atomic E-state index is -0.421. The van der Waals surface area contributed by atoms with Gasteiger partial charge in [-0.05, 0) is 48.8 Å². The van der Waals surface area contributed by atoms with E-state index in [4.69, 9.17) is 10.5 Å². The molecule has 3 aliphatic carbocycles. The van der Waals surface area contributed by atoms with E-state index in [9.17, 15) is 9.59 Å². The fraction of sp³-hybridized carbons (Fsp3) is 0.417. The van der Waals surface area contributed by atoms with Crippen molar-refractivity contribution >= 4 is 11.7 Å². The van der Waals surface area contributed by atoms with Crippen LogP contribution in [0.4, 0.5) is 0 Å². The van der Waals surface area contributed by atoms with E-state index in [0.717, 1.165) is 61.2 Å². The number of nitrogens with one attached hydrogen (secondary N) is 1. The van der Waals surface area contributed by atoms with Crippen molar-refractivity contribution in [2.75, 3.05) is 13.2 Å². The second kappa shape index (κ2) is 7.39. The number of carbonyl (C=O) groups is 2. The zero-order valence-corrected chi connectivity index (χ0v) is 16.4. The van der Waals surface area contributed by atoms with Gasteiger partial charge in [-0.2, -0.15) is 0 Å². The number of primary amides is 1. The lowest BCUT2D eigenvalue weighted by Gasteiger charge is -2.41. The van der Waals surface area contributed by atoms with Crippen molar-refractivity contribution in [3.05, 3.63) is 70.3 Å². The van der Waals surface area contributed by atoms with Crippen LogP contribution in [0.5, 0.6) is 0 Å². The summed E-state index contributed by atoms with van der Waals surface area (Å²) in [6, 6.07) is 8.33. The van der Waals surface area contributed by atoms with Crippen molar-refractivity contribution < 1.29 is 14.3 Å². The number of nitrogens with two attached hydrogens (primary N) is 1. The molecule has 4 aliphatic rings. The van der Waals surface area contributed by atoms with Gasteiger partial charge >= 0.3 is 0 Å². The Hall–Kier alpha value is -2.50. The van der Waals surface area contributed by atoms with Gasteiger partial charge in [0.1, 0.15) is 0 Å². The van der Waals surface area contributed by atoms with Gasteiger partial charge in [-0.15, -0.1) is 0 Å². The number of rotatable bonds is 3. The molecule has 1 aromatic carbocycles. The van der Waals surface area contributed by atoms with Crippen LogP contribution in [0.1, 0.15) is 35.2 Å². The minimum Gasteiger partial charge on any atom is -0.381 e. The molecule has 0 bridgehead atoms. The maximum atomic E-state index is 13.1. The molecule has 0 saturated carbocycles. The highest BCUT2D eigenvalue weighted by atomic mass is 16.5. The molecule has 1 aromatic rings. The van der Waals surface area contributed by atoms with E-state index in [2.05, 4.69) is 11.4 Å². The summed E-state index contributed by atoms with van der Waals surface area (Å²) >= 11 is 0. The van der Waals surface area contributed by atoms with Crippen molar-refractivity contribution in [3.63, 3.8) is 0 Å². The molecule has 5 nitrogen and oxygen atoms in total. The number of ether oxygens (including phenoxy) is 1. The molecular weight excluding hydrogens is 364 g/mol. The molecule has 0 aromatic heterocycles. The Morgan fingerprint density at radius 3 is 2.72 bits per heavy atom. The van der Waals surface area contributed by atoms with Gasteiger partial charge in [0.15, 0.2) is 5.78 Å². The van der Waals surface area contributed by atoms with E-state index in [1.165, 1.54) is 0 Å². The normalized spacial score (nSPS) is 29.0. The Balaban J connectivity index is 1.49. The topological polar surface area (TPSA) is 81.4 Å². The molecule has 1 fully saturated rings. The summed E-state index contributed by atoms with van der Waals surface area (Å²) in [6.45, 7) is 1.53. The van der Waals surface area contributed by atoms with Gasteiger partial charge in [0.05, 0.1) is 0 Å². The maximum Gasteiger partial charge on any atom is 0.248 e. The van der Waals surface area contributed by atoms with E-state index in [1.54, 1.807) is 0 Å². The first-order valence-electron chi connectivity index (χ1n) is 10.5. The second-order valence-electron chi connectivity index (χ2n) is 8.54. The van der Waals surface area contributed by atoms with E-state index in [1.807, 2.05) is 36.4 Å². The number of fused-ring (bicyclic) bond motifs is 3. The molecule has 1 aliphatic heterocycles. The lowest BCUT2D eigenvalue weighted by atomic mass is 9.66. The SMILES string of the molecule is NC(=O)C1=CC(NC2CCOCC2)C2CC3Cc4ccccc4C(=O)C3=CC2=C1. The molecule has 3 atom stereocenters. The molecule has 1 heterocycles. The Kier molecular flexibility index (Phi) is 4.72. The standard InChI is InChI=1S/C24H26N2O3/c25-24(28)17-10-15-12-21-16(9-14-3-1-2-4-19(14)23(21)27)11-20(15)22(13-17)26-18-5-7-29-8-6-18/h1-4,10,12-13,16,18,20,22,26H,5-9,11H2,(H2,25,28). The first-order chi connectivity index (χ1) is 14.1. The Morgan fingerprint density at radius 1 is 1.14 bits per heavy atom. The summed E-state index contributed by atoms with van der Waals surface area (Å²) in [6.07, 6.45) is 9.65. The van der Waals surface area contributed by atoms with Gasteiger partial charge in [-0.3, -0.25) is 9.59 Å². The fourth-order valence-corrected chi connectivity index (χ4v) is 5.25. The van der Waals surface area contributed by atoms with Crippen LogP contribution in [-0.4, -0.2) is 37.0 Å². The summed E-state index contributed by atoms with van der Waals surface area (Å²) in [5.41, 5.74) is 10.0. The average molecular weight is 390 g/mol. The van der Waals surface area contributed by atoms with Crippen molar-refractivity contribution in [1.82, 2.24) is 5.32 Å². The molecule has 0 spiro atoms. The highest BCUT2D eigenvalue weighted by molar-refractivity contribution is 6.11. The largest absolute Gasteiger partial charge is 0.381 e. The van der Waals surface area contributed by atoms with Crippen molar-refractivity contribution in [3.8, 4) is 0 Å². The monoisotopic (exact) mass is 390 g/mol. The zero-order valence-electron chi connectivity index (χ0n) is 16.4. The van der Waals surface area contributed by atoms with Crippen LogP contribution in [0.25, 0.3) is 0 Å².